The van der Waals surface area contributed by atoms with E-state index in [-0.39, 0.29) is 6.61 Å². The van der Waals surface area contributed by atoms with Crippen LogP contribution in [-0.2, 0) is 11.3 Å². The predicted octanol–water partition coefficient (Wildman–Crippen LogP) is 1.38. The number of aliphatic hydroxyl groups is 2. The van der Waals surface area contributed by atoms with Crippen LogP contribution in [0.5, 0.6) is 0 Å². The van der Waals surface area contributed by atoms with Crippen LogP contribution in [0.15, 0.2) is 17.5 Å². The van der Waals surface area contributed by atoms with Crippen molar-refractivity contribution in [3.8, 4) is 0 Å². The molecule has 5 heteroatoms. The number of nitrogens with one attached hydrogen (secondary N) is 1. The number of unbranched alkanes of at least 4 members (excludes halogenated alkanes) is 2. The average molecular weight is 273 g/mol. The molecule has 0 aliphatic rings. The van der Waals surface area contributed by atoms with E-state index in [0.717, 1.165) is 25.8 Å². The summed E-state index contributed by atoms with van der Waals surface area (Å²) < 4.78 is 5.42. The van der Waals surface area contributed by atoms with Gasteiger partial charge in [-0.25, -0.2) is 0 Å². The normalized spacial score (nSPS) is 12.8. The molecule has 0 aliphatic carbocycles. The van der Waals surface area contributed by atoms with Gasteiger partial charge in [-0.05, 0) is 37.3 Å². The SMILES string of the molecule is OCCCCCNCC(O)COCc1cccs1. The Bertz CT molecular complexity index is 280. The van der Waals surface area contributed by atoms with Gasteiger partial charge in [0.2, 0.25) is 0 Å². The number of ether oxygens (including phenoxy) is 1. The first-order chi connectivity index (χ1) is 8.83. The molecule has 1 atom stereocenters. The third-order valence-electron chi connectivity index (χ3n) is 2.53. The van der Waals surface area contributed by atoms with Crippen LogP contribution < -0.4 is 5.32 Å². The summed E-state index contributed by atoms with van der Waals surface area (Å²) in [6.45, 7) is 2.64. The third kappa shape index (κ3) is 7.79. The first kappa shape index (κ1) is 15.6. The van der Waals surface area contributed by atoms with Crippen molar-refractivity contribution in [2.24, 2.45) is 0 Å². The molecule has 0 aliphatic heterocycles. The Morgan fingerprint density at radius 3 is 2.94 bits per heavy atom. The summed E-state index contributed by atoms with van der Waals surface area (Å²) in [6.07, 6.45) is 2.45. The molecule has 0 bridgehead atoms. The molecular weight excluding hydrogens is 250 g/mol. The van der Waals surface area contributed by atoms with Crippen molar-refractivity contribution < 1.29 is 14.9 Å². The lowest BCUT2D eigenvalue weighted by Gasteiger charge is -2.11. The van der Waals surface area contributed by atoms with E-state index in [1.807, 2.05) is 17.5 Å². The van der Waals surface area contributed by atoms with Crippen LogP contribution in [-0.4, -0.2) is 42.6 Å². The van der Waals surface area contributed by atoms with Gasteiger partial charge in [0.05, 0.1) is 19.3 Å². The van der Waals surface area contributed by atoms with Gasteiger partial charge in [-0.3, -0.25) is 0 Å². The van der Waals surface area contributed by atoms with E-state index < -0.39 is 6.10 Å². The maximum Gasteiger partial charge on any atom is 0.0897 e. The van der Waals surface area contributed by atoms with Crippen molar-refractivity contribution in [1.29, 1.82) is 0 Å². The third-order valence-corrected chi connectivity index (χ3v) is 3.38. The summed E-state index contributed by atoms with van der Waals surface area (Å²) in [5.74, 6) is 0. The maximum atomic E-state index is 9.66. The zero-order valence-electron chi connectivity index (χ0n) is 10.7. The molecule has 0 radical (unpaired) electrons. The highest BCUT2D eigenvalue weighted by molar-refractivity contribution is 7.09. The van der Waals surface area contributed by atoms with Gasteiger partial charge >= 0.3 is 0 Å². The van der Waals surface area contributed by atoms with E-state index in [9.17, 15) is 5.11 Å². The van der Waals surface area contributed by atoms with Crippen LogP contribution in [0.25, 0.3) is 0 Å². The molecule has 1 rings (SSSR count). The largest absolute Gasteiger partial charge is 0.396 e. The van der Waals surface area contributed by atoms with Crippen molar-refractivity contribution in [2.75, 3.05) is 26.3 Å². The second-order valence-electron chi connectivity index (χ2n) is 4.24. The van der Waals surface area contributed by atoms with Crippen molar-refractivity contribution in [3.05, 3.63) is 22.4 Å². The van der Waals surface area contributed by atoms with E-state index in [4.69, 9.17) is 9.84 Å². The second-order valence-corrected chi connectivity index (χ2v) is 5.27. The van der Waals surface area contributed by atoms with Gasteiger partial charge in [-0.15, -0.1) is 11.3 Å². The Morgan fingerprint density at radius 1 is 1.33 bits per heavy atom. The smallest absolute Gasteiger partial charge is 0.0897 e. The Morgan fingerprint density at radius 2 is 2.22 bits per heavy atom. The average Bonchev–Trinajstić information content (AvgIpc) is 2.87. The van der Waals surface area contributed by atoms with Crippen LogP contribution in [0.2, 0.25) is 0 Å². The van der Waals surface area contributed by atoms with Gasteiger partial charge in [0.15, 0.2) is 0 Å². The summed E-state index contributed by atoms with van der Waals surface area (Å²) in [6, 6.07) is 4.02. The molecule has 1 unspecified atom stereocenters. The summed E-state index contributed by atoms with van der Waals surface area (Å²) in [7, 11) is 0. The predicted molar refractivity (Wildman–Crippen MR) is 73.8 cm³/mol. The summed E-state index contributed by atoms with van der Waals surface area (Å²) in [5.41, 5.74) is 0. The highest BCUT2D eigenvalue weighted by atomic mass is 32.1. The van der Waals surface area contributed by atoms with Crippen LogP contribution in [0.1, 0.15) is 24.1 Å². The Kier molecular flexibility index (Phi) is 9.06. The first-order valence-corrected chi connectivity index (χ1v) is 7.30. The molecule has 1 heterocycles. The Hall–Kier alpha value is -0.460. The highest BCUT2D eigenvalue weighted by Gasteiger charge is 2.03. The molecule has 0 aromatic carbocycles. The summed E-state index contributed by atoms with van der Waals surface area (Å²) >= 11 is 1.66. The first-order valence-electron chi connectivity index (χ1n) is 6.42. The van der Waals surface area contributed by atoms with Gasteiger partial charge in [0, 0.05) is 18.0 Å². The minimum atomic E-state index is -0.456. The molecule has 0 fully saturated rings. The lowest BCUT2D eigenvalue weighted by atomic mass is 10.2. The fourth-order valence-corrected chi connectivity index (χ4v) is 2.20. The van der Waals surface area contributed by atoms with Crippen LogP contribution in [0.3, 0.4) is 0 Å². The molecule has 0 saturated carbocycles. The molecular formula is C13H23NO3S. The fourth-order valence-electron chi connectivity index (χ4n) is 1.56. The zero-order valence-corrected chi connectivity index (χ0v) is 11.5. The molecule has 3 N–H and O–H groups in total. The quantitative estimate of drug-likeness (QED) is 0.533. The van der Waals surface area contributed by atoms with Crippen LogP contribution in [0.4, 0.5) is 0 Å². The van der Waals surface area contributed by atoms with Crippen molar-refractivity contribution in [3.63, 3.8) is 0 Å². The standard InChI is InChI=1S/C13H23NO3S/c15-7-3-1-2-6-14-9-12(16)10-17-11-13-5-4-8-18-13/h4-5,8,12,14-16H,1-3,6-7,9-11H2. The minimum Gasteiger partial charge on any atom is -0.396 e. The van der Waals surface area contributed by atoms with E-state index in [2.05, 4.69) is 5.32 Å². The fraction of sp³-hybridized carbons (Fsp3) is 0.692. The maximum absolute atomic E-state index is 9.66. The van der Waals surface area contributed by atoms with Crippen LogP contribution >= 0.6 is 11.3 Å². The number of thiophene rings is 1. The van der Waals surface area contributed by atoms with Gasteiger partial charge in [0.25, 0.3) is 0 Å². The van der Waals surface area contributed by atoms with Crippen molar-refractivity contribution in [1.82, 2.24) is 5.32 Å². The molecule has 18 heavy (non-hydrogen) atoms. The molecule has 0 spiro atoms. The van der Waals surface area contributed by atoms with Gasteiger partial charge in [-0.1, -0.05) is 6.07 Å². The van der Waals surface area contributed by atoms with Gasteiger partial charge in [0.1, 0.15) is 0 Å². The number of hydrogen-bond donors (Lipinski definition) is 3. The molecule has 4 nitrogen and oxygen atoms in total. The minimum absolute atomic E-state index is 0.263. The van der Waals surface area contributed by atoms with Gasteiger partial charge < -0.3 is 20.3 Å². The number of hydrogen-bond acceptors (Lipinski definition) is 5. The Balaban J connectivity index is 1.89. The molecule has 0 amide bonds. The monoisotopic (exact) mass is 273 g/mol. The van der Waals surface area contributed by atoms with Crippen LogP contribution in [0, 0.1) is 0 Å². The van der Waals surface area contributed by atoms with Crippen molar-refractivity contribution in [2.45, 2.75) is 32.0 Å². The Labute approximate surface area is 113 Å². The second kappa shape index (κ2) is 10.5. The van der Waals surface area contributed by atoms with E-state index in [1.165, 1.54) is 4.88 Å². The zero-order chi connectivity index (χ0) is 13.1. The number of aliphatic hydroxyl groups excluding tert-OH is 2. The molecule has 104 valence electrons. The summed E-state index contributed by atoms with van der Waals surface area (Å²) in [4.78, 5) is 1.18. The van der Waals surface area contributed by atoms with E-state index in [0.29, 0.717) is 19.8 Å². The number of rotatable bonds is 11. The summed E-state index contributed by atoms with van der Waals surface area (Å²) in [5, 5.41) is 23.5. The molecule has 1 aromatic heterocycles. The molecule has 0 saturated heterocycles. The van der Waals surface area contributed by atoms with E-state index >= 15 is 0 Å². The topological polar surface area (TPSA) is 61.7 Å². The van der Waals surface area contributed by atoms with Crippen molar-refractivity contribution >= 4 is 11.3 Å². The lowest BCUT2D eigenvalue weighted by molar-refractivity contribution is 0.0299. The lowest BCUT2D eigenvalue weighted by Crippen LogP contribution is -2.30. The highest BCUT2D eigenvalue weighted by Crippen LogP contribution is 2.09. The van der Waals surface area contributed by atoms with Gasteiger partial charge in [-0.2, -0.15) is 0 Å². The molecule has 1 aromatic rings. The van der Waals surface area contributed by atoms with E-state index in [1.54, 1.807) is 11.3 Å².